The standard InChI is InChI=1S/C32H31NO13/c1-9-7-8-13-17-15(9)30(41)45-28-16-12(23(36)19(18(17)28)20(33)24(13)37)5-4-6-14(16)44-32-29(26(39)22(35)11(3)43-32)46-31-27(40)25(38)21(34)10(2)42-31/h4-8,10-11,21-22,25-27,29,31-36,38-40H,1-3H3/t10-,11-,21+,22+,25+,26+,27+,29+,31+,32+/m0/s1. The highest BCUT2D eigenvalue weighted by Gasteiger charge is 2.50. The van der Waals surface area contributed by atoms with E-state index in [2.05, 4.69) is 0 Å². The Hall–Kier alpha value is -3.99. The molecule has 7 N–H and O–H groups in total. The molecule has 1 aromatic heterocycles. The molecule has 2 aliphatic heterocycles. The van der Waals surface area contributed by atoms with Gasteiger partial charge >= 0.3 is 5.63 Å². The lowest BCUT2D eigenvalue weighted by atomic mass is 9.92. The maximum Gasteiger partial charge on any atom is 0.344 e. The van der Waals surface area contributed by atoms with Gasteiger partial charge in [0.1, 0.15) is 47.4 Å². The van der Waals surface area contributed by atoms with E-state index in [0.717, 1.165) is 0 Å². The van der Waals surface area contributed by atoms with Crippen molar-refractivity contribution in [2.45, 2.75) is 82.2 Å². The molecular formula is C32H31NO13. The highest BCUT2D eigenvalue weighted by molar-refractivity contribution is 6.29. The van der Waals surface area contributed by atoms with Gasteiger partial charge in [-0.25, -0.2) is 4.79 Å². The highest BCUT2D eigenvalue weighted by Crippen LogP contribution is 2.45. The summed E-state index contributed by atoms with van der Waals surface area (Å²) in [6.07, 6.45) is -14.5. The van der Waals surface area contributed by atoms with E-state index in [-0.39, 0.29) is 49.0 Å². The van der Waals surface area contributed by atoms with Crippen LogP contribution in [0.3, 0.4) is 0 Å². The first-order chi connectivity index (χ1) is 21.8. The van der Waals surface area contributed by atoms with Crippen LogP contribution < -0.4 is 21.1 Å². The number of aryl methyl sites for hydroxylation is 1. The Balaban J connectivity index is 1.41. The van der Waals surface area contributed by atoms with Crippen LogP contribution in [0.4, 0.5) is 0 Å². The summed E-state index contributed by atoms with van der Waals surface area (Å²) in [6.45, 7) is 4.61. The molecule has 4 aromatic carbocycles. The number of aliphatic hydroxyl groups is 5. The summed E-state index contributed by atoms with van der Waals surface area (Å²) >= 11 is 0. The van der Waals surface area contributed by atoms with Crippen molar-refractivity contribution in [3.63, 3.8) is 0 Å². The number of nitrogens with one attached hydrogen (secondary N) is 1. The Bertz CT molecular complexity index is 2170. The fourth-order valence-corrected chi connectivity index (χ4v) is 6.59. The second-order valence-electron chi connectivity index (χ2n) is 12.0. The molecule has 0 amide bonds. The van der Waals surface area contributed by atoms with Crippen molar-refractivity contribution in [3.05, 3.63) is 61.9 Å². The number of aliphatic hydroxyl groups excluding tert-OH is 5. The van der Waals surface area contributed by atoms with Crippen molar-refractivity contribution in [2.75, 3.05) is 0 Å². The van der Waals surface area contributed by atoms with Gasteiger partial charge in [0.2, 0.25) is 11.7 Å². The summed E-state index contributed by atoms with van der Waals surface area (Å²) in [5.74, 6) is -0.446. The van der Waals surface area contributed by atoms with Crippen LogP contribution in [0, 0.1) is 12.3 Å². The van der Waals surface area contributed by atoms with Gasteiger partial charge in [0, 0.05) is 21.5 Å². The number of benzene rings is 4. The van der Waals surface area contributed by atoms with E-state index in [1.54, 1.807) is 13.0 Å². The molecule has 46 heavy (non-hydrogen) atoms. The third kappa shape index (κ3) is 4.30. The third-order valence-corrected chi connectivity index (χ3v) is 9.13. The maximum atomic E-state index is 13.4. The van der Waals surface area contributed by atoms with Crippen LogP contribution >= 0.6 is 0 Å². The Morgan fingerprint density at radius 3 is 2.13 bits per heavy atom. The Morgan fingerprint density at radius 1 is 0.739 bits per heavy atom. The highest BCUT2D eigenvalue weighted by atomic mass is 16.8. The van der Waals surface area contributed by atoms with Crippen molar-refractivity contribution in [3.8, 4) is 11.5 Å². The second-order valence-corrected chi connectivity index (χ2v) is 12.0. The van der Waals surface area contributed by atoms with E-state index in [0.29, 0.717) is 5.56 Å². The number of hydrogen-bond acceptors (Lipinski definition) is 14. The van der Waals surface area contributed by atoms with Gasteiger partial charge in [0.25, 0.3) is 0 Å². The minimum Gasteiger partial charge on any atom is -0.507 e. The van der Waals surface area contributed by atoms with E-state index < -0.39 is 83.6 Å². The number of fused-ring (bicyclic) bond motifs is 2. The summed E-state index contributed by atoms with van der Waals surface area (Å²) < 4.78 is 29.3. The summed E-state index contributed by atoms with van der Waals surface area (Å²) in [4.78, 5) is 26.6. The predicted octanol–water partition coefficient (Wildman–Crippen LogP) is 0.0400. The summed E-state index contributed by atoms with van der Waals surface area (Å²) in [6, 6.07) is 7.56. The minimum atomic E-state index is -1.74. The lowest BCUT2D eigenvalue weighted by Gasteiger charge is -2.45. The SMILES string of the molecule is Cc1ccc2c(=O)c(=N)c3c(O)c4cccc(O[C@H]5O[C@@H](C)[C@@H](O)[C@@H](O)[C@H]5O[C@H]5O[C@@H](C)[C@@H](O)[C@@H](O)[C@H]5O)c4c4oc(=O)c1c2c34. The second kappa shape index (κ2) is 10.8. The van der Waals surface area contributed by atoms with E-state index in [1.807, 2.05) is 0 Å². The Labute approximate surface area is 258 Å². The van der Waals surface area contributed by atoms with E-state index in [4.69, 9.17) is 28.8 Å². The molecule has 0 aliphatic carbocycles. The lowest BCUT2D eigenvalue weighted by molar-refractivity contribution is -0.352. The molecule has 242 valence electrons. The van der Waals surface area contributed by atoms with Gasteiger partial charge in [-0.15, -0.1) is 0 Å². The van der Waals surface area contributed by atoms with Gasteiger partial charge in [-0.2, -0.15) is 0 Å². The van der Waals surface area contributed by atoms with Crippen LogP contribution in [0.2, 0.25) is 0 Å². The van der Waals surface area contributed by atoms with E-state index in [9.17, 15) is 40.2 Å². The van der Waals surface area contributed by atoms with Crippen LogP contribution in [0.5, 0.6) is 11.5 Å². The molecular weight excluding hydrogens is 606 g/mol. The summed E-state index contributed by atoms with van der Waals surface area (Å²) in [7, 11) is 0. The number of aromatic hydroxyl groups is 1. The fourth-order valence-electron chi connectivity index (χ4n) is 6.59. The fraction of sp³-hybridized carbons (Fsp3) is 0.406. The summed E-state index contributed by atoms with van der Waals surface area (Å²) in [5.41, 5.74) is -0.958. The van der Waals surface area contributed by atoms with Gasteiger partial charge in [0.05, 0.1) is 28.4 Å². The van der Waals surface area contributed by atoms with Crippen molar-refractivity contribution >= 4 is 43.3 Å². The molecule has 5 aromatic rings. The lowest BCUT2D eigenvalue weighted by Crippen LogP contribution is -2.63. The maximum absolute atomic E-state index is 13.4. The minimum absolute atomic E-state index is 0.0252. The van der Waals surface area contributed by atoms with Crippen LogP contribution in [0.1, 0.15) is 19.4 Å². The molecule has 7 rings (SSSR count). The van der Waals surface area contributed by atoms with E-state index >= 15 is 0 Å². The molecule has 10 atom stereocenters. The number of rotatable bonds is 4. The van der Waals surface area contributed by atoms with Crippen molar-refractivity contribution < 1.29 is 54.0 Å². The van der Waals surface area contributed by atoms with Crippen molar-refractivity contribution in [2.24, 2.45) is 0 Å². The van der Waals surface area contributed by atoms with Gasteiger partial charge < -0.3 is 54.0 Å². The van der Waals surface area contributed by atoms with E-state index in [1.165, 1.54) is 38.1 Å². The van der Waals surface area contributed by atoms with Crippen LogP contribution in [-0.4, -0.2) is 92.1 Å². The zero-order valence-electron chi connectivity index (χ0n) is 24.7. The molecule has 14 heteroatoms. The quantitative estimate of drug-likeness (QED) is 0.0785. The first-order valence-corrected chi connectivity index (χ1v) is 14.7. The van der Waals surface area contributed by atoms with Gasteiger partial charge in [-0.05, 0) is 32.4 Å². The molecule has 2 aliphatic rings. The molecule has 2 saturated heterocycles. The molecule has 0 spiro atoms. The smallest absolute Gasteiger partial charge is 0.344 e. The molecule has 2 fully saturated rings. The predicted molar refractivity (Wildman–Crippen MR) is 160 cm³/mol. The first kappa shape index (κ1) is 30.7. The third-order valence-electron chi connectivity index (χ3n) is 9.13. The average molecular weight is 638 g/mol. The molecule has 0 saturated carbocycles. The van der Waals surface area contributed by atoms with Crippen LogP contribution in [0.25, 0.3) is 43.3 Å². The normalized spacial score (nSPS) is 32.2. The number of phenolic OH excluding ortho intramolecular Hbond substituents is 1. The molecule has 0 bridgehead atoms. The van der Waals surface area contributed by atoms with Gasteiger partial charge in [0.15, 0.2) is 18.0 Å². The Morgan fingerprint density at radius 2 is 1.41 bits per heavy atom. The number of phenols is 1. The first-order valence-electron chi connectivity index (χ1n) is 14.7. The average Bonchev–Trinajstić information content (AvgIpc) is 3.02. The van der Waals surface area contributed by atoms with Crippen LogP contribution in [-0.2, 0) is 14.2 Å². The summed E-state index contributed by atoms with van der Waals surface area (Å²) in [5, 5.41) is 72.9. The van der Waals surface area contributed by atoms with Crippen molar-refractivity contribution in [1.29, 1.82) is 5.41 Å². The van der Waals surface area contributed by atoms with Crippen molar-refractivity contribution in [1.82, 2.24) is 0 Å². The molecule has 0 unspecified atom stereocenters. The Kier molecular flexibility index (Phi) is 7.19. The monoisotopic (exact) mass is 637 g/mol. The zero-order chi connectivity index (χ0) is 32.9. The number of ether oxygens (including phenoxy) is 4. The topological polar surface area (TPSA) is 229 Å². The molecule has 0 radical (unpaired) electrons. The van der Waals surface area contributed by atoms with Gasteiger partial charge in [-0.3, -0.25) is 10.2 Å². The van der Waals surface area contributed by atoms with Gasteiger partial charge in [-0.1, -0.05) is 24.3 Å². The zero-order valence-corrected chi connectivity index (χ0v) is 24.7. The molecule has 3 heterocycles. The largest absolute Gasteiger partial charge is 0.507 e. The number of hydrogen-bond donors (Lipinski definition) is 7. The molecule has 14 nitrogen and oxygen atoms in total. The van der Waals surface area contributed by atoms with Crippen LogP contribution in [0.15, 0.2) is 44.3 Å².